The minimum atomic E-state index is -0.0291. The maximum absolute atomic E-state index is 11.2. The summed E-state index contributed by atoms with van der Waals surface area (Å²) in [6.45, 7) is 2.09. The highest BCUT2D eigenvalue weighted by atomic mass is 32.2. The number of nitrogens with one attached hydrogen (secondary N) is 1. The van der Waals surface area contributed by atoms with Crippen molar-refractivity contribution in [3.05, 3.63) is 29.8 Å². The number of carbonyl (C=O) groups excluding carboxylic acids is 1. The van der Waals surface area contributed by atoms with E-state index in [9.17, 15) is 4.79 Å². The van der Waals surface area contributed by atoms with Crippen LogP contribution in [-0.2, 0) is 0 Å². The minimum Gasteiger partial charge on any atom is -0.355 e. The Morgan fingerprint density at radius 1 is 1.54 bits per heavy atom. The summed E-state index contributed by atoms with van der Waals surface area (Å²) in [5.74, 6) is 0.996. The molecular weight excluding hydrogens is 182 g/mol. The second-order valence-electron chi connectivity index (χ2n) is 2.54. The van der Waals surface area contributed by atoms with Gasteiger partial charge in [0.05, 0.1) is 0 Å². The summed E-state index contributed by atoms with van der Waals surface area (Å²) in [6.07, 6.45) is 0. The van der Waals surface area contributed by atoms with Crippen molar-refractivity contribution in [3.8, 4) is 0 Å². The van der Waals surface area contributed by atoms with E-state index in [1.54, 1.807) is 18.8 Å². The summed E-state index contributed by atoms with van der Waals surface area (Å²) >= 11 is 1.74. The first-order valence-corrected chi connectivity index (χ1v) is 5.21. The van der Waals surface area contributed by atoms with E-state index in [-0.39, 0.29) is 5.91 Å². The molecule has 70 valence electrons. The molecular formula is C10H13NOS. The fraction of sp³-hybridized carbons (Fsp3) is 0.300. The standard InChI is InChI=1S/C10H13NOS/c1-3-13-9-6-4-5-8(7-9)10(12)11-2/h4-7H,3H2,1-2H3,(H,11,12). The summed E-state index contributed by atoms with van der Waals surface area (Å²) in [6, 6.07) is 7.65. The topological polar surface area (TPSA) is 29.1 Å². The van der Waals surface area contributed by atoms with E-state index in [1.807, 2.05) is 24.3 Å². The zero-order valence-corrected chi connectivity index (χ0v) is 8.65. The Balaban J connectivity index is 2.85. The van der Waals surface area contributed by atoms with E-state index in [2.05, 4.69) is 12.2 Å². The molecule has 3 heteroatoms. The van der Waals surface area contributed by atoms with Gasteiger partial charge in [-0.1, -0.05) is 13.0 Å². The maximum atomic E-state index is 11.2. The lowest BCUT2D eigenvalue weighted by atomic mass is 10.2. The molecule has 1 aromatic carbocycles. The van der Waals surface area contributed by atoms with Gasteiger partial charge in [-0.2, -0.15) is 0 Å². The molecule has 0 radical (unpaired) electrons. The van der Waals surface area contributed by atoms with E-state index >= 15 is 0 Å². The minimum absolute atomic E-state index is 0.0291. The summed E-state index contributed by atoms with van der Waals surface area (Å²) < 4.78 is 0. The van der Waals surface area contributed by atoms with E-state index in [0.717, 1.165) is 16.2 Å². The molecule has 2 nitrogen and oxygen atoms in total. The molecule has 0 aromatic heterocycles. The predicted molar refractivity (Wildman–Crippen MR) is 56.2 cm³/mol. The first kappa shape index (κ1) is 10.1. The quantitative estimate of drug-likeness (QED) is 0.749. The van der Waals surface area contributed by atoms with Crippen LogP contribution in [0.1, 0.15) is 17.3 Å². The second kappa shape index (κ2) is 4.92. The summed E-state index contributed by atoms with van der Waals surface area (Å²) in [4.78, 5) is 12.4. The Morgan fingerprint density at radius 3 is 2.92 bits per heavy atom. The van der Waals surface area contributed by atoms with Crippen molar-refractivity contribution in [2.24, 2.45) is 0 Å². The highest BCUT2D eigenvalue weighted by molar-refractivity contribution is 7.99. The molecule has 0 aliphatic carbocycles. The highest BCUT2D eigenvalue weighted by Crippen LogP contribution is 2.18. The Labute approximate surface area is 82.7 Å². The molecule has 13 heavy (non-hydrogen) atoms. The summed E-state index contributed by atoms with van der Waals surface area (Å²) in [5, 5.41) is 2.60. The zero-order chi connectivity index (χ0) is 9.68. The fourth-order valence-corrected chi connectivity index (χ4v) is 1.76. The van der Waals surface area contributed by atoms with Crippen LogP contribution in [0.2, 0.25) is 0 Å². The molecule has 1 rings (SSSR count). The lowest BCUT2D eigenvalue weighted by Gasteiger charge is -2.02. The van der Waals surface area contributed by atoms with E-state index in [0.29, 0.717) is 0 Å². The molecule has 0 atom stereocenters. The Morgan fingerprint density at radius 2 is 2.31 bits per heavy atom. The molecule has 0 bridgehead atoms. The van der Waals surface area contributed by atoms with Crippen molar-refractivity contribution in [1.82, 2.24) is 5.32 Å². The molecule has 0 saturated carbocycles. The molecule has 0 aliphatic rings. The van der Waals surface area contributed by atoms with E-state index in [1.165, 1.54) is 0 Å². The molecule has 1 amide bonds. The van der Waals surface area contributed by atoms with Crippen molar-refractivity contribution >= 4 is 17.7 Å². The SMILES string of the molecule is CCSc1cccc(C(=O)NC)c1. The van der Waals surface area contributed by atoms with Crippen LogP contribution in [0.15, 0.2) is 29.2 Å². The molecule has 0 unspecified atom stereocenters. The monoisotopic (exact) mass is 195 g/mol. The van der Waals surface area contributed by atoms with Gasteiger partial charge < -0.3 is 5.32 Å². The Hall–Kier alpha value is -0.960. The molecule has 0 heterocycles. The average Bonchev–Trinajstić information content (AvgIpc) is 2.18. The zero-order valence-electron chi connectivity index (χ0n) is 7.83. The normalized spacial score (nSPS) is 9.69. The molecule has 1 N–H and O–H groups in total. The van der Waals surface area contributed by atoms with Crippen LogP contribution < -0.4 is 5.32 Å². The van der Waals surface area contributed by atoms with Crippen LogP contribution in [-0.4, -0.2) is 18.7 Å². The number of thioether (sulfide) groups is 1. The first-order chi connectivity index (χ1) is 6.27. The predicted octanol–water partition coefficient (Wildman–Crippen LogP) is 2.16. The van der Waals surface area contributed by atoms with Crippen molar-refractivity contribution < 1.29 is 4.79 Å². The lowest BCUT2D eigenvalue weighted by molar-refractivity contribution is 0.0963. The van der Waals surface area contributed by atoms with Crippen LogP contribution in [0.25, 0.3) is 0 Å². The number of hydrogen-bond donors (Lipinski definition) is 1. The number of benzene rings is 1. The largest absolute Gasteiger partial charge is 0.355 e. The molecule has 0 saturated heterocycles. The number of amides is 1. The van der Waals surface area contributed by atoms with Gasteiger partial charge in [0.25, 0.3) is 5.91 Å². The fourth-order valence-electron chi connectivity index (χ4n) is 1.04. The van der Waals surface area contributed by atoms with Crippen molar-refractivity contribution in [2.45, 2.75) is 11.8 Å². The van der Waals surface area contributed by atoms with Crippen molar-refractivity contribution in [1.29, 1.82) is 0 Å². The van der Waals surface area contributed by atoms with Gasteiger partial charge in [0, 0.05) is 17.5 Å². The lowest BCUT2D eigenvalue weighted by Crippen LogP contribution is -2.17. The second-order valence-corrected chi connectivity index (χ2v) is 3.88. The van der Waals surface area contributed by atoms with E-state index in [4.69, 9.17) is 0 Å². The van der Waals surface area contributed by atoms with Crippen LogP contribution in [0.4, 0.5) is 0 Å². The van der Waals surface area contributed by atoms with Gasteiger partial charge in [0.1, 0.15) is 0 Å². The van der Waals surface area contributed by atoms with Crippen molar-refractivity contribution in [2.75, 3.05) is 12.8 Å². The number of hydrogen-bond acceptors (Lipinski definition) is 2. The third-order valence-electron chi connectivity index (χ3n) is 1.63. The first-order valence-electron chi connectivity index (χ1n) is 4.23. The molecule has 1 aromatic rings. The highest BCUT2D eigenvalue weighted by Gasteiger charge is 2.02. The van der Waals surface area contributed by atoms with Crippen molar-refractivity contribution in [3.63, 3.8) is 0 Å². The average molecular weight is 195 g/mol. The van der Waals surface area contributed by atoms with Gasteiger partial charge in [-0.3, -0.25) is 4.79 Å². The number of carbonyl (C=O) groups is 1. The number of rotatable bonds is 3. The third kappa shape index (κ3) is 2.77. The van der Waals surface area contributed by atoms with Gasteiger partial charge in [-0.05, 0) is 24.0 Å². The van der Waals surface area contributed by atoms with Gasteiger partial charge in [-0.25, -0.2) is 0 Å². The Kier molecular flexibility index (Phi) is 3.83. The van der Waals surface area contributed by atoms with Gasteiger partial charge >= 0.3 is 0 Å². The molecule has 0 aliphatic heterocycles. The molecule has 0 spiro atoms. The van der Waals surface area contributed by atoms with Gasteiger partial charge in [-0.15, -0.1) is 11.8 Å². The molecule has 0 fully saturated rings. The van der Waals surface area contributed by atoms with Gasteiger partial charge in [0.2, 0.25) is 0 Å². The van der Waals surface area contributed by atoms with Crippen LogP contribution in [0, 0.1) is 0 Å². The van der Waals surface area contributed by atoms with Crippen LogP contribution in [0.3, 0.4) is 0 Å². The van der Waals surface area contributed by atoms with Gasteiger partial charge in [0.15, 0.2) is 0 Å². The smallest absolute Gasteiger partial charge is 0.251 e. The maximum Gasteiger partial charge on any atom is 0.251 e. The summed E-state index contributed by atoms with van der Waals surface area (Å²) in [5.41, 5.74) is 0.723. The van der Waals surface area contributed by atoms with Crippen LogP contribution in [0.5, 0.6) is 0 Å². The Bertz CT molecular complexity index is 299. The third-order valence-corrected chi connectivity index (χ3v) is 2.51. The van der Waals surface area contributed by atoms with E-state index < -0.39 is 0 Å². The summed E-state index contributed by atoms with van der Waals surface area (Å²) in [7, 11) is 1.64. The van der Waals surface area contributed by atoms with Crippen LogP contribution >= 0.6 is 11.8 Å².